The van der Waals surface area contributed by atoms with Crippen LogP contribution in [0.2, 0.25) is 0 Å². The van der Waals surface area contributed by atoms with Crippen LogP contribution in [0, 0.1) is 23.0 Å². The monoisotopic (exact) mass is 275 g/mol. The Kier molecular flexibility index (Phi) is 4.23. The van der Waals surface area contributed by atoms with Crippen LogP contribution in [0.1, 0.15) is 17.2 Å². The second-order valence-corrected chi connectivity index (χ2v) is 4.08. The third kappa shape index (κ3) is 3.08. The molecule has 4 nitrogen and oxygen atoms in total. The molecule has 0 bridgehead atoms. The Morgan fingerprint density at radius 2 is 2.10 bits per heavy atom. The number of halogens is 2. The Balaban J connectivity index is 2.07. The fourth-order valence-electron chi connectivity index (χ4n) is 1.67. The van der Waals surface area contributed by atoms with Gasteiger partial charge in [-0.1, -0.05) is 6.07 Å². The van der Waals surface area contributed by atoms with Crippen LogP contribution >= 0.6 is 0 Å². The molecule has 2 rings (SSSR count). The Morgan fingerprint density at radius 3 is 2.80 bits per heavy atom. The Bertz CT molecular complexity index is 655. The molecule has 0 fully saturated rings. The maximum absolute atomic E-state index is 13.1. The maximum atomic E-state index is 13.1. The molecule has 0 saturated heterocycles. The van der Waals surface area contributed by atoms with E-state index in [4.69, 9.17) is 5.26 Å². The van der Waals surface area contributed by atoms with Crippen molar-refractivity contribution in [2.75, 3.05) is 11.9 Å². The fraction of sp³-hybridized carbons (Fsp3) is 0.143. The number of hydrogen-bond donors (Lipinski definition) is 2. The van der Waals surface area contributed by atoms with E-state index in [2.05, 4.69) is 10.3 Å². The summed E-state index contributed by atoms with van der Waals surface area (Å²) < 4.78 is 25.9. The van der Waals surface area contributed by atoms with Crippen molar-refractivity contribution < 1.29 is 13.9 Å². The first kappa shape index (κ1) is 13.9. The predicted octanol–water partition coefficient (Wildman–Crippen LogP) is 2.38. The largest absolute Gasteiger partial charge is 0.387 e. The average molecular weight is 275 g/mol. The lowest BCUT2D eigenvalue weighted by atomic mass is 10.1. The summed E-state index contributed by atoms with van der Waals surface area (Å²) in [5.41, 5.74) is 0.579. The number of aliphatic hydroxyl groups excluding tert-OH is 1. The first-order chi connectivity index (χ1) is 9.61. The molecule has 1 atom stereocenters. The van der Waals surface area contributed by atoms with Gasteiger partial charge in [-0.25, -0.2) is 13.8 Å². The van der Waals surface area contributed by atoms with Gasteiger partial charge in [0.05, 0.1) is 11.7 Å². The van der Waals surface area contributed by atoms with Gasteiger partial charge < -0.3 is 10.4 Å². The van der Waals surface area contributed by atoms with Gasteiger partial charge in [-0.3, -0.25) is 0 Å². The molecule has 1 aromatic carbocycles. The van der Waals surface area contributed by atoms with Crippen molar-refractivity contribution in [1.29, 1.82) is 5.26 Å². The van der Waals surface area contributed by atoms with Gasteiger partial charge in [0.25, 0.3) is 0 Å². The zero-order valence-corrected chi connectivity index (χ0v) is 10.3. The van der Waals surface area contributed by atoms with E-state index in [1.807, 2.05) is 6.07 Å². The fourth-order valence-corrected chi connectivity index (χ4v) is 1.67. The highest BCUT2D eigenvalue weighted by molar-refractivity contribution is 5.51. The number of aromatic nitrogens is 1. The molecular formula is C14H11F2N3O. The average Bonchev–Trinajstić information content (AvgIpc) is 2.47. The van der Waals surface area contributed by atoms with E-state index in [1.54, 1.807) is 12.1 Å². The van der Waals surface area contributed by atoms with E-state index >= 15 is 0 Å². The summed E-state index contributed by atoms with van der Waals surface area (Å²) in [4.78, 5) is 3.97. The van der Waals surface area contributed by atoms with Crippen LogP contribution in [0.15, 0.2) is 36.5 Å². The van der Waals surface area contributed by atoms with Gasteiger partial charge in [0.2, 0.25) is 0 Å². The molecule has 0 aliphatic carbocycles. The number of anilines is 1. The Hall–Kier alpha value is -2.52. The van der Waals surface area contributed by atoms with Gasteiger partial charge in [0.1, 0.15) is 11.9 Å². The lowest BCUT2D eigenvalue weighted by Crippen LogP contribution is -2.14. The van der Waals surface area contributed by atoms with E-state index in [9.17, 15) is 13.9 Å². The zero-order valence-electron chi connectivity index (χ0n) is 10.3. The lowest BCUT2D eigenvalue weighted by Gasteiger charge is -2.13. The molecule has 0 aliphatic rings. The van der Waals surface area contributed by atoms with Gasteiger partial charge >= 0.3 is 0 Å². The van der Waals surface area contributed by atoms with Crippen LogP contribution < -0.4 is 5.32 Å². The normalized spacial score (nSPS) is 11.7. The van der Waals surface area contributed by atoms with E-state index in [1.165, 1.54) is 12.3 Å². The van der Waals surface area contributed by atoms with Crippen molar-refractivity contribution in [2.24, 2.45) is 0 Å². The highest BCUT2D eigenvalue weighted by Crippen LogP contribution is 2.18. The van der Waals surface area contributed by atoms with Crippen LogP contribution in [0.4, 0.5) is 14.6 Å². The van der Waals surface area contributed by atoms with Crippen molar-refractivity contribution in [3.8, 4) is 6.07 Å². The summed E-state index contributed by atoms with van der Waals surface area (Å²) >= 11 is 0. The number of rotatable bonds is 4. The van der Waals surface area contributed by atoms with Crippen molar-refractivity contribution >= 4 is 5.82 Å². The minimum absolute atomic E-state index is 0.0246. The molecule has 6 heteroatoms. The van der Waals surface area contributed by atoms with Crippen LogP contribution in [0.5, 0.6) is 0 Å². The molecule has 1 aromatic heterocycles. The van der Waals surface area contributed by atoms with Crippen molar-refractivity contribution in [3.63, 3.8) is 0 Å². The standard InChI is InChI=1S/C14H11F2N3O/c15-11-4-3-9(6-12(11)16)13(20)8-19-14-10(7-17)2-1-5-18-14/h1-6,13,20H,8H2,(H,18,19)/t13-/m1/s1. The number of nitriles is 1. The molecular weight excluding hydrogens is 264 g/mol. The van der Waals surface area contributed by atoms with Crippen molar-refractivity contribution in [3.05, 3.63) is 59.3 Å². The summed E-state index contributed by atoms with van der Waals surface area (Å²) in [5.74, 6) is -1.65. The SMILES string of the molecule is N#Cc1cccnc1NC[C@@H](O)c1ccc(F)c(F)c1. The summed E-state index contributed by atoms with van der Waals surface area (Å²) in [6.45, 7) is 0.0246. The molecule has 0 saturated carbocycles. The Morgan fingerprint density at radius 1 is 1.30 bits per heavy atom. The summed E-state index contributed by atoms with van der Waals surface area (Å²) in [5, 5.41) is 21.6. The molecule has 2 aromatic rings. The van der Waals surface area contributed by atoms with Crippen molar-refractivity contribution in [2.45, 2.75) is 6.10 Å². The van der Waals surface area contributed by atoms with Gasteiger partial charge in [0.15, 0.2) is 11.6 Å². The van der Waals surface area contributed by atoms with E-state index < -0.39 is 17.7 Å². The minimum Gasteiger partial charge on any atom is -0.387 e. The molecule has 102 valence electrons. The highest BCUT2D eigenvalue weighted by Gasteiger charge is 2.12. The predicted molar refractivity (Wildman–Crippen MR) is 68.8 cm³/mol. The van der Waals surface area contributed by atoms with E-state index in [-0.39, 0.29) is 12.1 Å². The summed E-state index contributed by atoms with van der Waals surface area (Å²) in [7, 11) is 0. The Labute approximate surface area is 114 Å². The zero-order chi connectivity index (χ0) is 14.5. The number of pyridine rings is 1. The topological polar surface area (TPSA) is 68.9 Å². The highest BCUT2D eigenvalue weighted by atomic mass is 19.2. The van der Waals surface area contributed by atoms with Crippen LogP contribution in [0.25, 0.3) is 0 Å². The maximum Gasteiger partial charge on any atom is 0.159 e. The number of nitrogens with zero attached hydrogens (tertiary/aromatic N) is 2. The molecule has 0 spiro atoms. The van der Waals surface area contributed by atoms with Gasteiger partial charge in [0, 0.05) is 12.7 Å². The van der Waals surface area contributed by atoms with Crippen LogP contribution in [0.3, 0.4) is 0 Å². The smallest absolute Gasteiger partial charge is 0.159 e. The van der Waals surface area contributed by atoms with Gasteiger partial charge in [-0.2, -0.15) is 5.26 Å². The summed E-state index contributed by atoms with van der Waals surface area (Å²) in [6, 6.07) is 8.35. The number of aliphatic hydroxyl groups is 1. The second-order valence-electron chi connectivity index (χ2n) is 4.08. The quantitative estimate of drug-likeness (QED) is 0.898. The number of nitrogens with one attached hydrogen (secondary N) is 1. The molecule has 1 heterocycles. The number of hydrogen-bond acceptors (Lipinski definition) is 4. The first-order valence-corrected chi connectivity index (χ1v) is 5.84. The van der Waals surface area contributed by atoms with Crippen LogP contribution in [-0.4, -0.2) is 16.6 Å². The molecule has 20 heavy (non-hydrogen) atoms. The molecule has 2 N–H and O–H groups in total. The minimum atomic E-state index is -1.04. The summed E-state index contributed by atoms with van der Waals surface area (Å²) in [6.07, 6.45) is 0.464. The molecule has 0 radical (unpaired) electrons. The third-order valence-electron chi connectivity index (χ3n) is 2.72. The lowest BCUT2D eigenvalue weighted by molar-refractivity contribution is 0.191. The molecule has 0 amide bonds. The van der Waals surface area contributed by atoms with Crippen molar-refractivity contribution in [1.82, 2.24) is 4.98 Å². The molecule has 0 aliphatic heterocycles. The number of benzene rings is 1. The third-order valence-corrected chi connectivity index (χ3v) is 2.72. The second kappa shape index (κ2) is 6.08. The molecule has 0 unspecified atom stereocenters. The van der Waals surface area contributed by atoms with E-state index in [0.29, 0.717) is 11.4 Å². The first-order valence-electron chi connectivity index (χ1n) is 5.84. The van der Waals surface area contributed by atoms with Crippen LogP contribution in [-0.2, 0) is 0 Å². The van der Waals surface area contributed by atoms with Gasteiger partial charge in [-0.15, -0.1) is 0 Å². The van der Waals surface area contributed by atoms with Gasteiger partial charge in [-0.05, 0) is 29.8 Å². The van der Waals surface area contributed by atoms with E-state index in [0.717, 1.165) is 12.1 Å².